The van der Waals surface area contributed by atoms with E-state index in [2.05, 4.69) is 30.4 Å². The number of carbonyl (C=O) groups excluding carboxylic acids is 2. The van der Waals surface area contributed by atoms with Gasteiger partial charge in [-0.15, -0.1) is 20.4 Å². The van der Waals surface area contributed by atoms with Crippen LogP contribution in [0.3, 0.4) is 0 Å². The summed E-state index contributed by atoms with van der Waals surface area (Å²) in [6.07, 6.45) is 2.91. The summed E-state index contributed by atoms with van der Waals surface area (Å²) >= 11 is 0. The largest absolute Gasteiger partial charge is 0.401 e. The summed E-state index contributed by atoms with van der Waals surface area (Å²) in [5, 5.41) is 14.0. The Kier molecular flexibility index (Phi) is 4.38. The molecule has 3 aromatic rings. The molecule has 0 spiro atoms. The fourth-order valence-corrected chi connectivity index (χ4v) is 1.49. The Morgan fingerprint density at radius 3 is 1.42 bits per heavy atom. The minimum atomic E-state index is -0.904. The number of hydrogen-bond donors (Lipinski definition) is 0. The number of carbonyl (C=O) groups is 2. The van der Waals surface area contributed by atoms with Gasteiger partial charge < -0.3 is 9.47 Å². The predicted molar refractivity (Wildman–Crippen MR) is 76.0 cm³/mol. The molecule has 0 aliphatic heterocycles. The third-order valence-electron chi connectivity index (χ3n) is 2.51. The Labute approximate surface area is 134 Å². The lowest BCUT2D eigenvalue weighted by molar-refractivity contribution is 0.0686. The van der Waals surface area contributed by atoms with Crippen molar-refractivity contribution in [2.45, 2.75) is 0 Å². The van der Waals surface area contributed by atoms with Gasteiger partial charge in [0.05, 0.1) is 0 Å². The molecule has 3 aromatic heterocycles. The van der Waals surface area contributed by atoms with Crippen molar-refractivity contribution in [1.29, 1.82) is 0 Å². The van der Waals surface area contributed by atoms with Crippen LogP contribution in [0.5, 0.6) is 11.8 Å². The number of aromatic nitrogens is 6. The zero-order chi connectivity index (χ0) is 16.8. The van der Waals surface area contributed by atoms with Crippen LogP contribution in [0.15, 0.2) is 48.8 Å². The van der Waals surface area contributed by atoms with Crippen molar-refractivity contribution in [3.8, 4) is 11.8 Å². The van der Waals surface area contributed by atoms with Crippen LogP contribution >= 0.6 is 0 Å². The zero-order valence-electron chi connectivity index (χ0n) is 11.9. The van der Waals surface area contributed by atoms with E-state index < -0.39 is 23.6 Å². The van der Waals surface area contributed by atoms with Crippen LogP contribution in [-0.2, 0) is 0 Å². The summed E-state index contributed by atoms with van der Waals surface area (Å²) in [4.78, 5) is 31.2. The minimum absolute atomic E-state index is 0.0738. The summed E-state index contributed by atoms with van der Waals surface area (Å²) in [5.41, 5.74) is 0. The average molecular weight is 324 g/mol. The predicted octanol–water partition coefficient (Wildman–Crippen LogP) is 0.495. The van der Waals surface area contributed by atoms with E-state index in [4.69, 9.17) is 9.47 Å². The van der Waals surface area contributed by atoms with Gasteiger partial charge in [0.1, 0.15) is 0 Å². The first-order valence-electron chi connectivity index (χ1n) is 6.56. The normalized spacial score (nSPS) is 10.0. The van der Waals surface area contributed by atoms with E-state index in [0.717, 1.165) is 0 Å². The van der Waals surface area contributed by atoms with Crippen LogP contribution in [-0.4, -0.2) is 42.3 Å². The topological polar surface area (TPSA) is 130 Å². The van der Waals surface area contributed by atoms with Crippen molar-refractivity contribution in [3.63, 3.8) is 0 Å². The molecule has 0 bridgehead atoms. The Bertz CT molecular complexity index is 770. The van der Waals surface area contributed by atoms with Crippen molar-refractivity contribution in [3.05, 3.63) is 60.4 Å². The number of esters is 2. The fraction of sp³-hybridized carbons (Fsp3) is 0. The van der Waals surface area contributed by atoms with Gasteiger partial charge in [-0.3, -0.25) is 0 Å². The monoisotopic (exact) mass is 324 g/mol. The third kappa shape index (κ3) is 3.68. The number of ether oxygens (including phenoxy) is 2. The summed E-state index contributed by atoms with van der Waals surface area (Å²) in [6.45, 7) is 0. The second kappa shape index (κ2) is 6.96. The number of pyridine rings is 2. The van der Waals surface area contributed by atoms with E-state index >= 15 is 0 Å². The molecule has 24 heavy (non-hydrogen) atoms. The van der Waals surface area contributed by atoms with Gasteiger partial charge in [0.15, 0.2) is 0 Å². The lowest BCUT2D eigenvalue weighted by atomic mass is 10.5. The quantitative estimate of drug-likeness (QED) is 0.625. The van der Waals surface area contributed by atoms with E-state index in [1.54, 1.807) is 24.3 Å². The van der Waals surface area contributed by atoms with Crippen LogP contribution in [0.1, 0.15) is 21.2 Å². The van der Waals surface area contributed by atoms with E-state index in [1.165, 1.54) is 24.5 Å². The maximum Gasteiger partial charge on any atom is 0.386 e. The van der Waals surface area contributed by atoms with Gasteiger partial charge in [-0.1, -0.05) is 12.1 Å². The zero-order valence-corrected chi connectivity index (χ0v) is 11.9. The molecule has 0 saturated heterocycles. The highest BCUT2D eigenvalue weighted by Gasteiger charge is 2.19. The van der Waals surface area contributed by atoms with Gasteiger partial charge in [0, 0.05) is 24.5 Å². The smallest absolute Gasteiger partial charge is 0.386 e. The molecule has 0 N–H and O–H groups in total. The molecule has 0 radical (unpaired) electrons. The molecule has 0 aliphatic rings. The highest BCUT2D eigenvalue weighted by molar-refractivity contribution is 5.88. The standard InChI is InChI=1S/C14H8N6O4/c21-13(23-9-5-1-3-7-15-9)11-17-19-12(20-18-11)14(22)24-10-6-2-4-8-16-10/h1-8H. The SMILES string of the molecule is O=C(Oc1ccccn1)c1nnc(C(=O)Oc2ccccn2)nn1. The second-order valence-electron chi connectivity index (χ2n) is 4.16. The lowest BCUT2D eigenvalue weighted by Gasteiger charge is -2.02. The summed E-state index contributed by atoms with van der Waals surface area (Å²) in [6, 6.07) is 9.58. The molecule has 3 rings (SSSR count). The summed E-state index contributed by atoms with van der Waals surface area (Å²) in [7, 11) is 0. The summed E-state index contributed by atoms with van der Waals surface area (Å²) in [5.74, 6) is -2.50. The Morgan fingerprint density at radius 1 is 0.667 bits per heavy atom. The van der Waals surface area contributed by atoms with Gasteiger partial charge in [-0.25, -0.2) is 19.6 Å². The molecule has 0 atom stereocenters. The summed E-state index contributed by atoms with van der Waals surface area (Å²) < 4.78 is 9.83. The molecular weight excluding hydrogens is 316 g/mol. The van der Waals surface area contributed by atoms with E-state index in [1.807, 2.05) is 0 Å². The Balaban J connectivity index is 1.66. The van der Waals surface area contributed by atoms with E-state index in [0.29, 0.717) is 0 Å². The highest BCUT2D eigenvalue weighted by atomic mass is 16.5. The molecule has 10 heteroatoms. The Morgan fingerprint density at radius 2 is 1.08 bits per heavy atom. The number of hydrogen-bond acceptors (Lipinski definition) is 10. The van der Waals surface area contributed by atoms with Gasteiger partial charge >= 0.3 is 11.9 Å². The van der Waals surface area contributed by atoms with Crippen molar-refractivity contribution in [2.75, 3.05) is 0 Å². The number of nitrogens with zero attached hydrogens (tertiary/aromatic N) is 6. The van der Waals surface area contributed by atoms with Crippen molar-refractivity contribution in [1.82, 2.24) is 30.4 Å². The van der Waals surface area contributed by atoms with Gasteiger partial charge in [-0.2, -0.15) is 0 Å². The maximum absolute atomic E-state index is 11.8. The molecule has 10 nitrogen and oxygen atoms in total. The first kappa shape index (κ1) is 15.1. The van der Waals surface area contributed by atoms with Crippen LogP contribution in [0, 0.1) is 0 Å². The first-order valence-corrected chi connectivity index (χ1v) is 6.56. The first-order chi connectivity index (χ1) is 11.7. The fourth-order valence-electron chi connectivity index (χ4n) is 1.49. The van der Waals surface area contributed by atoms with Crippen molar-refractivity contribution >= 4 is 11.9 Å². The van der Waals surface area contributed by atoms with Gasteiger partial charge in [-0.05, 0) is 12.1 Å². The molecule has 0 amide bonds. The molecule has 3 heterocycles. The molecule has 0 fully saturated rings. The third-order valence-corrected chi connectivity index (χ3v) is 2.51. The Hall–Kier alpha value is -3.82. The molecule has 0 aliphatic carbocycles. The molecule has 0 unspecified atom stereocenters. The number of rotatable bonds is 4. The minimum Gasteiger partial charge on any atom is -0.401 e. The van der Waals surface area contributed by atoms with Crippen molar-refractivity contribution < 1.29 is 19.1 Å². The van der Waals surface area contributed by atoms with Crippen molar-refractivity contribution in [2.24, 2.45) is 0 Å². The van der Waals surface area contributed by atoms with Gasteiger partial charge in [0.25, 0.3) is 11.6 Å². The average Bonchev–Trinajstić information content (AvgIpc) is 2.63. The van der Waals surface area contributed by atoms with Crippen LogP contribution in [0.25, 0.3) is 0 Å². The maximum atomic E-state index is 11.8. The lowest BCUT2D eigenvalue weighted by Crippen LogP contribution is -2.20. The van der Waals surface area contributed by atoms with E-state index in [9.17, 15) is 9.59 Å². The second-order valence-corrected chi connectivity index (χ2v) is 4.16. The van der Waals surface area contributed by atoms with Crippen LogP contribution < -0.4 is 9.47 Å². The van der Waals surface area contributed by atoms with E-state index in [-0.39, 0.29) is 11.8 Å². The van der Waals surface area contributed by atoms with Crippen LogP contribution in [0.2, 0.25) is 0 Å². The van der Waals surface area contributed by atoms with Crippen LogP contribution in [0.4, 0.5) is 0 Å². The van der Waals surface area contributed by atoms with Gasteiger partial charge in [0.2, 0.25) is 11.8 Å². The molecule has 0 saturated carbocycles. The molecular formula is C14H8N6O4. The molecule has 0 aromatic carbocycles. The molecule has 118 valence electrons. The highest BCUT2D eigenvalue weighted by Crippen LogP contribution is 2.06.